The van der Waals surface area contributed by atoms with Crippen LogP contribution in [0.25, 0.3) is 11.0 Å². The number of rotatable bonds is 5. The average Bonchev–Trinajstić information content (AvgIpc) is 3.01. The molecule has 0 aliphatic rings. The Morgan fingerprint density at radius 3 is 2.78 bits per heavy atom. The van der Waals surface area contributed by atoms with E-state index in [4.69, 9.17) is 4.74 Å². The number of benzene rings is 1. The number of carbonyl (C=O) groups excluding carboxylic acids is 1. The van der Waals surface area contributed by atoms with Crippen LogP contribution >= 0.6 is 0 Å². The fraction of sp³-hybridized carbons (Fsp3) is 0.300. The van der Waals surface area contributed by atoms with Crippen molar-refractivity contribution in [3.63, 3.8) is 0 Å². The molecule has 1 aromatic carbocycles. The molecule has 2 heterocycles. The summed E-state index contributed by atoms with van der Waals surface area (Å²) in [5.41, 5.74) is 0.607. The van der Waals surface area contributed by atoms with E-state index < -0.39 is 17.5 Å². The number of fused-ring (bicyclic) bond motifs is 1. The van der Waals surface area contributed by atoms with Crippen LogP contribution in [-0.4, -0.2) is 33.2 Å². The summed E-state index contributed by atoms with van der Waals surface area (Å²) in [6.07, 6.45) is 2.31. The third-order valence-electron chi connectivity index (χ3n) is 4.58. The second-order valence-electron chi connectivity index (χ2n) is 7.04. The smallest absolute Gasteiger partial charge is 0.253 e. The molecule has 6 nitrogen and oxygen atoms in total. The minimum atomic E-state index is -1.07. The maximum atomic E-state index is 13.6. The molecule has 1 unspecified atom stereocenters. The first kappa shape index (κ1) is 18.8. The van der Waals surface area contributed by atoms with Gasteiger partial charge in [-0.3, -0.25) is 4.79 Å². The van der Waals surface area contributed by atoms with Crippen LogP contribution in [0.3, 0.4) is 0 Å². The van der Waals surface area contributed by atoms with Gasteiger partial charge in [-0.25, -0.2) is 9.37 Å². The monoisotopic (exact) mass is 371 g/mol. The first-order valence-electron chi connectivity index (χ1n) is 8.48. The van der Waals surface area contributed by atoms with Crippen LogP contribution in [0.1, 0.15) is 35.9 Å². The zero-order chi connectivity index (χ0) is 19.8. The van der Waals surface area contributed by atoms with E-state index in [1.54, 1.807) is 19.9 Å². The highest BCUT2D eigenvalue weighted by molar-refractivity contribution is 5.97. The van der Waals surface area contributed by atoms with Crippen LogP contribution < -0.4 is 10.1 Å². The number of halogens is 1. The molecule has 2 aromatic heterocycles. The summed E-state index contributed by atoms with van der Waals surface area (Å²) in [5, 5.41) is 14.4. The number of ether oxygens (including phenoxy) is 1. The highest BCUT2D eigenvalue weighted by Crippen LogP contribution is 2.29. The van der Waals surface area contributed by atoms with Gasteiger partial charge in [-0.15, -0.1) is 0 Å². The van der Waals surface area contributed by atoms with Crippen molar-refractivity contribution in [2.45, 2.75) is 25.5 Å². The van der Waals surface area contributed by atoms with Crippen molar-refractivity contribution in [2.24, 2.45) is 7.05 Å². The minimum absolute atomic E-state index is 0.0346. The van der Waals surface area contributed by atoms with Crippen molar-refractivity contribution < 1.29 is 19.0 Å². The summed E-state index contributed by atoms with van der Waals surface area (Å²) in [5.74, 6) is -0.837. The SMILES string of the molecule is COc1cc(C(O)C(C)(C)NC(=O)c2cnc3c(ccn3C)c2)ccc1F. The van der Waals surface area contributed by atoms with Gasteiger partial charge in [0.2, 0.25) is 0 Å². The van der Waals surface area contributed by atoms with Gasteiger partial charge in [0.05, 0.1) is 18.2 Å². The van der Waals surface area contributed by atoms with Crippen LogP contribution in [0.4, 0.5) is 4.39 Å². The molecule has 0 radical (unpaired) electrons. The molecule has 2 N–H and O–H groups in total. The molecule has 0 fully saturated rings. The Morgan fingerprint density at radius 2 is 2.07 bits per heavy atom. The zero-order valence-electron chi connectivity index (χ0n) is 15.7. The summed E-state index contributed by atoms with van der Waals surface area (Å²) < 4.78 is 20.4. The zero-order valence-corrected chi connectivity index (χ0v) is 15.7. The Labute approximate surface area is 156 Å². The van der Waals surface area contributed by atoms with Crippen molar-refractivity contribution in [3.05, 3.63) is 59.7 Å². The lowest BCUT2D eigenvalue weighted by Gasteiger charge is -2.32. The van der Waals surface area contributed by atoms with Gasteiger partial charge >= 0.3 is 0 Å². The molecular formula is C20H22FN3O3. The van der Waals surface area contributed by atoms with E-state index in [0.717, 1.165) is 11.0 Å². The number of aryl methyl sites for hydroxylation is 1. The highest BCUT2D eigenvalue weighted by atomic mass is 19.1. The Bertz CT molecular complexity index is 997. The molecule has 7 heteroatoms. The van der Waals surface area contributed by atoms with Crippen molar-refractivity contribution in [1.29, 1.82) is 0 Å². The standard InChI is InChI=1S/C20H22FN3O3/c1-20(2,17(25)12-5-6-15(21)16(10-12)27-4)23-19(26)14-9-13-7-8-24(3)18(13)22-11-14/h5-11,17,25H,1-4H3,(H,23,26). The van der Waals surface area contributed by atoms with Crippen LogP contribution in [0.5, 0.6) is 5.75 Å². The topological polar surface area (TPSA) is 76.4 Å². The molecule has 1 atom stereocenters. The number of aliphatic hydroxyl groups excluding tert-OH is 1. The maximum absolute atomic E-state index is 13.6. The largest absolute Gasteiger partial charge is 0.494 e. The highest BCUT2D eigenvalue weighted by Gasteiger charge is 2.32. The van der Waals surface area contributed by atoms with E-state index in [1.165, 1.54) is 31.5 Å². The van der Waals surface area contributed by atoms with E-state index >= 15 is 0 Å². The predicted octanol–water partition coefficient (Wildman–Crippen LogP) is 2.96. The lowest BCUT2D eigenvalue weighted by atomic mass is 9.90. The third kappa shape index (κ3) is 3.64. The first-order chi connectivity index (χ1) is 12.7. The number of carbonyl (C=O) groups is 1. The molecular weight excluding hydrogens is 349 g/mol. The van der Waals surface area contributed by atoms with Crippen molar-refractivity contribution in [1.82, 2.24) is 14.9 Å². The van der Waals surface area contributed by atoms with Crippen LogP contribution in [-0.2, 0) is 7.05 Å². The van der Waals surface area contributed by atoms with E-state index in [-0.39, 0.29) is 11.7 Å². The lowest BCUT2D eigenvalue weighted by Crippen LogP contribution is -2.48. The molecule has 1 amide bonds. The van der Waals surface area contributed by atoms with Gasteiger partial charge in [0.1, 0.15) is 11.8 Å². The number of nitrogens with one attached hydrogen (secondary N) is 1. The summed E-state index contributed by atoms with van der Waals surface area (Å²) in [4.78, 5) is 17.0. The van der Waals surface area contributed by atoms with Gasteiger partial charge in [0.25, 0.3) is 5.91 Å². The molecule has 0 aliphatic carbocycles. The number of aliphatic hydroxyl groups is 1. The van der Waals surface area contributed by atoms with Gasteiger partial charge < -0.3 is 19.7 Å². The number of hydrogen-bond acceptors (Lipinski definition) is 4. The number of hydrogen-bond donors (Lipinski definition) is 2. The van der Waals surface area contributed by atoms with Crippen molar-refractivity contribution in [3.8, 4) is 5.75 Å². The predicted molar refractivity (Wildman–Crippen MR) is 100 cm³/mol. The van der Waals surface area contributed by atoms with E-state index in [2.05, 4.69) is 10.3 Å². The molecule has 3 rings (SSSR count). The van der Waals surface area contributed by atoms with Gasteiger partial charge in [-0.05, 0) is 43.7 Å². The lowest BCUT2D eigenvalue weighted by molar-refractivity contribution is 0.0633. The molecule has 0 saturated heterocycles. The van der Waals surface area contributed by atoms with Crippen molar-refractivity contribution >= 4 is 16.9 Å². The van der Waals surface area contributed by atoms with Gasteiger partial charge in [-0.1, -0.05) is 6.07 Å². The number of pyridine rings is 1. The first-order valence-corrected chi connectivity index (χ1v) is 8.48. The molecule has 142 valence electrons. The van der Waals surface area contributed by atoms with Crippen molar-refractivity contribution in [2.75, 3.05) is 7.11 Å². The summed E-state index contributed by atoms with van der Waals surface area (Å²) >= 11 is 0. The molecule has 0 spiro atoms. The van der Waals surface area contributed by atoms with Crippen LogP contribution in [0.15, 0.2) is 42.7 Å². The van der Waals surface area contributed by atoms with E-state index in [0.29, 0.717) is 11.1 Å². The second kappa shape index (κ2) is 7.00. The van der Waals surface area contributed by atoms with Gasteiger partial charge in [0.15, 0.2) is 11.6 Å². The fourth-order valence-corrected chi connectivity index (χ4v) is 2.98. The van der Waals surface area contributed by atoms with Gasteiger partial charge in [-0.2, -0.15) is 0 Å². The number of methoxy groups -OCH3 is 1. The summed E-state index contributed by atoms with van der Waals surface area (Å²) in [6, 6.07) is 7.74. The second-order valence-corrected chi connectivity index (χ2v) is 7.04. The Hall–Kier alpha value is -2.93. The third-order valence-corrected chi connectivity index (χ3v) is 4.58. The number of amides is 1. The Balaban J connectivity index is 1.82. The fourth-order valence-electron chi connectivity index (χ4n) is 2.98. The Kier molecular flexibility index (Phi) is 4.89. The van der Waals surface area contributed by atoms with E-state index in [9.17, 15) is 14.3 Å². The van der Waals surface area contributed by atoms with Gasteiger partial charge in [0, 0.05) is 24.8 Å². The molecule has 3 aromatic rings. The molecule has 0 aliphatic heterocycles. The van der Waals surface area contributed by atoms with Crippen LogP contribution in [0, 0.1) is 5.82 Å². The molecule has 27 heavy (non-hydrogen) atoms. The number of nitrogens with zero attached hydrogens (tertiary/aromatic N) is 2. The summed E-state index contributed by atoms with van der Waals surface area (Å²) in [6.45, 7) is 3.39. The summed E-state index contributed by atoms with van der Waals surface area (Å²) in [7, 11) is 3.24. The number of aromatic nitrogens is 2. The molecule has 0 saturated carbocycles. The van der Waals surface area contributed by atoms with E-state index in [1.807, 2.05) is 23.9 Å². The minimum Gasteiger partial charge on any atom is -0.494 e. The maximum Gasteiger partial charge on any atom is 0.253 e. The average molecular weight is 371 g/mol. The molecule has 0 bridgehead atoms. The Morgan fingerprint density at radius 1 is 1.33 bits per heavy atom. The van der Waals surface area contributed by atoms with Crippen LogP contribution in [0.2, 0.25) is 0 Å². The quantitative estimate of drug-likeness (QED) is 0.723. The normalized spacial score (nSPS) is 12.8.